The van der Waals surface area contributed by atoms with Gasteiger partial charge in [-0.2, -0.15) is 0 Å². The van der Waals surface area contributed by atoms with E-state index in [0.29, 0.717) is 42.0 Å². The topological polar surface area (TPSA) is 73.8 Å². The monoisotopic (exact) mass is 641 g/mol. The van der Waals surface area contributed by atoms with Crippen LogP contribution in [0.5, 0.6) is 28.7 Å². The van der Waals surface area contributed by atoms with E-state index in [9.17, 15) is 0 Å². The van der Waals surface area contributed by atoms with Gasteiger partial charge in [-0.05, 0) is 37.1 Å². The van der Waals surface area contributed by atoms with Gasteiger partial charge in [0.15, 0.2) is 18.6 Å². The molecule has 1 unspecified atom stereocenters. The summed E-state index contributed by atoms with van der Waals surface area (Å²) in [6, 6.07) is 9.84. The zero-order valence-electron chi connectivity index (χ0n) is 28.1. The van der Waals surface area contributed by atoms with Gasteiger partial charge in [-0.3, -0.25) is 0 Å². The SMILES string of the molecule is CCCCCOc1ccc([P+](C=C2C(OC)=CC(OC)C=C2OC)=Cc2c(OC)cc(OC)cc2OC)c(OCCCCC)c1. The fourth-order valence-electron chi connectivity index (χ4n) is 4.87. The standard InChI is InChI=1S/C36H50O8P/c1-9-11-13-17-43-26-15-16-36(35(19-26)44-18-14-12-10-2)45(24-29-31(39-5)20-27(37-3)21-32(29)40-6)25-30-33(41-7)22-28(38-4)23-34(30)42-8/h15-16,19-25,27H,9-14,17-18H2,1-8H3/q+1. The summed E-state index contributed by atoms with van der Waals surface area (Å²) in [6.45, 7) is 5.65. The quantitative estimate of drug-likeness (QED) is 0.114. The van der Waals surface area contributed by atoms with Crippen LogP contribution in [0.25, 0.3) is 0 Å². The van der Waals surface area contributed by atoms with Crippen molar-refractivity contribution < 1.29 is 37.9 Å². The maximum absolute atomic E-state index is 6.50. The van der Waals surface area contributed by atoms with Crippen molar-refractivity contribution in [2.45, 2.75) is 58.5 Å². The van der Waals surface area contributed by atoms with Gasteiger partial charge in [-0.25, -0.2) is 0 Å². The molecule has 2 aromatic carbocycles. The van der Waals surface area contributed by atoms with Crippen LogP contribution in [0.1, 0.15) is 57.9 Å². The van der Waals surface area contributed by atoms with Crippen molar-refractivity contribution in [2.24, 2.45) is 0 Å². The highest BCUT2D eigenvalue weighted by Crippen LogP contribution is 2.41. The Morgan fingerprint density at radius 3 is 1.73 bits per heavy atom. The number of rotatable bonds is 19. The lowest BCUT2D eigenvalue weighted by molar-refractivity contribution is 0.160. The van der Waals surface area contributed by atoms with Gasteiger partial charge in [0, 0.05) is 25.3 Å². The molecule has 0 spiro atoms. The fourth-order valence-corrected chi connectivity index (χ4v) is 6.92. The van der Waals surface area contributed by atoms with E-state index in [4.69, 9.17) is 37.9 Å². The van der Waals surface area contributed by atoms with Crippen LogP contribution in [0.15, 0.2) is 65.4 Å². The first-order valence-corrected chi connectivity index (χ1v) is 17.0. The molecular formula is C36H50O8P+. The minimum absolute atomic E-state index is 0.273. The smallest absolute Gasteiger partial charge is 0.195 e. The molecule has 2 aromatic rings. The Kier molecular flexibility index (Phi) is 15.2. The van der Waals surface area contributed by atoms with E-state index in [1.54, 1.807) is 42.7 Å². The molecule has 0 N–H and O–H groups in total. The molecule has 1 aliphatic rings. The number of hydrogen-bond acceptors (Lipinski definition) is 8. The fraction of sp³-hybridized carbons (Fsp3) is 0.472. The molecule has 45 heavy (non-hydrogen) atoms. The van der Waals surface area contributed by atoms with Gasteiger partial charge in [0.2, 0.25) is 0 Å². The second-order valence-corrected chi connectivity index (χ2v) is 12.2. The van der Waals surface area contributed by atoms with Crippen molar-refractivity contribution in [1.29, 1.82) is 0 Å². The minimum Gasteiger partial charge on any atom is -0.496 e. The van der Waals surface area contributed by atoms with Crippen LogP contribution in [0.3, 0.4) is 0 Å². The van der Waals surface area contributed by atoms with Crippen molar-refractivity contribution in [3.63, 3.8) is 0 Å². The van der Waals surface area contributed by atoms with E-state index in [0.717, 1.165) is 66.5 Å². The summed E-state index contributed by atoms with van der Waals surface area (Å²) in [6.07, 6.45) is 10.1. The molecule has 0 saturated carbocycles. The molecule has 1 aliphatic carbocycles. The van der Waals surface area contributed by atoms with Gasteiger partial charge in [0.1, 0.15) is 63.4 Å². The first kappa shape index (κ1) is 35.9. The molecule has 0 aliphatic heterocycles. The molecule has 0 aromatic heterocycles. The van der Waals surface area contributed by atoms with Crippen LogP contribution < -0.4 is 29.0 Å². The van der Waals surface area contributed by atoms with Crippen LogP contribution in [0.2, 0.25) is 0 Å². The van der Waals surface area contributed by atoms with Gasteiger partial charge in [0.25, 0.3) is 0 Å². The summed E-state index contributed by atoms with van der Waals surface area (Å²) < 4.78 is 47.1. The van der Waals surface area contributed by atoms with Crippen LogP contribution in [0.4, 0.5) is 0 Å². The molecule has 1 atom stereocenters. The minimum atomic E-state index is -1.22. The molecule has 0 amide bonds. The summed E-state index contributed by atoms with van der Waals surface area (Å²) in [5.41, 5.74) is 1.62. The number of methoxy groups -OCH3 is 6. The van der Waals surface area contributed by atoms with E-state index in [2.05, 4.69) is 31.5 Å². The van der Waals surface area contributed by atoms with E-state index < -0.39 is 7.55 Å². The van der Waals surface area contributed by atoms with Crippen LogP contribution in [0, 0.1) is 0 Å². The molecule has 9 heteroatoms. The van der Waals surface area contributed by atoms with E-state index in [-0.39, 0.29) is 6.10 Å². The molecule has 0 heterocycles. The van der Waals surface area contributed by atoms with E-state index in [1.165, 1.54) is 0 Å². The van der Waals surface area contributed by atoms with Crippen molar-refractivity contribution in [3.8, 4) is 28.7 Å². The lowest BCUT2D eigenvalue weighted by atomic mass is 10.1. The van der Waals surface area contributed by atoms with Gasteiger partial charge in [-0.1, -0.05) is 39.5 Å². The van der Waals surface area contributed by atoms with Crippen molar-refractivity contribution in [2.75, 3.05) is 55.9 Å². The maximum atomic E-state index is 6.50. The summed E-state index contributed by atoms with van der Waals surface area (Å²) in [4.78, 5) is 0. The predicted octanol–water partition coefficient (Wildman–Crippen LogP) is 7.78. The third-order valence-electron chi connectivity index (χ3n) is 7.40. The Hall–Kier alpha value is -3.61. The van der Waals surface area contributed by atoms with Crippen molar-refractivity contribution >= 4 is 18.6 Å². The summed E-state index contributed by atoms with van der Waals surface area (Å²) in [7, 11) is 8.64. The highest BCUT2D eigenvalue weighted by Gasteiger charge is 2.29. The Morgan fingerprint density at radius 2 is 1.22 bits per heavy atom. The van der Waals surface area contributed by atoms with Gasteiger partial charge in [-0.15, -0.1) is 0 Å². The second kappa shape index (κ2) is 19.0. The molecule has 0 radical (unpaired) electrons. The molecular weight excluding hydrogens is 591 g/mol. The maximum Gasteiger partial charge on any atom is 0.195 e. The Bertz CT molecular complexity index is 1310. The van der Waals surface area contributed by atoms with Gasteiger partial charge >= 0.3 is 0 Å². The Balaban J connectivity index is 2.28. The first-order valence-electron chi connectivity index (χ1n) is 15.6. The van der Waals surface area contributed by atoms with Crippen molar-refractivity contribution in [3.05, 3.63) is 71.0 Å². The molecule has 246 valence electrons. The summed E-state index contributed by atoms with van der Waals surface area (Å²) >= 11 is 0. The Labute approximate surface area is 270 Å². The van der Waals surface area contributed by atoms with Gasteiger partial charge in [0.05, 0.1) is 48.8 Å². The largest absolute Gasteiger partial charge is 0.496 e. The molecule has 3 rings (SSSR count). The molecule has 8 nitrogen and oxygen atoms in total. The lowest BCUT2D eigenvalue weighted by Gasteiger charge is -2.20. The predicted molar refractivity (Wildman–Crippen MR) is 183 cm³/mol. The average Bonchev–Trinajstić information content (AvgIpc) is 3.08. The van der Waals surface area contributed by atoms with Crippen molar-refractivity contribution in [1.82, 2.24) is 0 Å². The summed E-state index contributed by atoms with van der Waals surface area (Å²) in [5, 5.41) is 1.01. The highest BCUT2D eigenvalue weighted by atomic mass is 31.1. The zero-order chi connectivity index (χ0) is 32.6. The third kappa shape index (κ3) is 9.94. The van der Waals surface area contributed by atoms with Crippen LogP contribution in [-0.2, 0) is 14.2 Å². The van der Waals surface area contributed by atoms with E-state index >= 15 is 0 Å². The van der Waals surface area contributed by atoms with Crippen LogP contribution in [-0.4, -0.2) is 67.8 Å². The van der Waals surface area contributed by atoms with E-state index in [1.807, 2.05) is 36.4 Å². The average molecular weight is 642 g/mol. The van der Waals surface area contributed by atoms with Crippen LogP contribution >= 0.6 is 7.55 Å². The lowest BCUT2D eigenvalue weighted by Crippen LogP contribution is -2.15. The highest BCUT2D eigenvalue weighted by molar-refractivity contribution is 7.68. The third-order valence-corrected chi connectivity index (χ3v) is 9.39. The molecule has 0 saturated heterocycles. The zero-order valence-corrected chi connectivity index (χ0v) is 29.0. The number of hydrogen-bond donors (Lipinski definition) is 0. The number of unbranched alkanes of at least 4 members (excludes halogenated alkanes) is 4. The molecule has 0 bridgehead atoms. The number of benzene rings is 2. The number of ether oxygens (including phenoxy) is 8. The second-order valence-electron chi connectivity index (χ2n) is 10.4. The van der Waals surface area contributed by atoms with Gasteiger partial charge < -0.3 is 37.9 Å². The first-order chi connectivity index (χ1) is 22.0. The molecule has 0 fully saturated rings. The summed E-state index contributed by atoms with van der Waals surface area (Å²) in [5.74, 6) is 9.13. The normalized spacial score (nSPS) is 14.7. The Morgan fingerprint density at radius 1 is 0.644 bits per heavy atom.